The molecule has 0 fully saturated rings. The first-order valence-electron chi connectivity index (χ1n) is 7.74. The van der Waals surface area contributed by atoms with Crippen LogP contribution in [0.3, 0.4) is 0 Å². The lowest BCUT2D eigenvalue weighted by molar-refractivity contribution is 0.0479. The van der Waals surface area contributed by atoms with E-state index in [-0.39, 0.29) is 28.8 Å². The second-order valence-electron chi connectivity index (χ2n) is 6.98. The molecule has 24 heavy (non-hydrogen) atoms. The van der Waals surface area contributed by atoms with Gasteiger partial charge in [-0.05, 0) is 55.1 Å². The predicted octanol–water partition coefficient (Wildman–Crippen LogP) is 5.05. The van der Waals surface area contributed by atoms with Gasteiger partial charge in [0.2, 0.25) is 0 Å². The minimum Gasteiger partial charge on any atom is -0.488 e. The third kappa shape index (κ3) is 7.47. The zero-order chi connectivity index (χ0) is 18.5. The van der Waals surface area contributed by atoms with Gasteiger partial charge in [-0.2, -0.15) is 0 Å². The van der Waals surface area contributed by atoms with E-state index in [0.29, 0.717) is 6.42 Å². The van der Waals surface area contributed by atoms with Crippen molar-refractivity contribution in [2.75, 3.05) is 6.61 Å². The van der Waals surface area contributed by atoms with Gasteiger partial charge in [-0.3, -0.25) is 0 Å². The molecule has 4 nitrogen and oxygen atoms in total. The first kappa shape index (κ1) is 20.7. The van der Waals surface area contributed by atoms with Crippen LogP contribution >= 0.6 is 15.9 Å². The summed E-state index contributed by atoms with van der Waals surface area (Å²) in [5.74, 6) is -1.22. The molecule has 1 rings (SSSR count). The molecule has 0 heterocycles. The minimum atomic E-state index is -0.677. The summed E-state index contributed by atoms with van der Waals surface area (Å²) in [5, 5.41) is 2.71. The number of rotatable bonds is 6. The van der Waals surface area contributed by atoms with Crippen LogP contribution in [-0.4, -0.2) is 24.3 Å². The van der Waals surface area contributed by atoms with Crippen molar-refractivity contribution in [2.24, 2.45) is 5.92 Å². The van der Waals surface area contributed by atoms with E-state index in [0.717, 1.165) is 12.1 Å². The minimum absolute atomic E-state index is 0.00934. The Bertz CT molecular complexity index is 574. The molecule has 1 aromatic carbocycles. The Hall–Kier alpha value is -1.37. The van der Waals surface area contributed by atoms with Crippen LogP contribution in [-0.2, 0) is 4.74 Å². The molecule has 0 aliphatic carbocycles. The van der Waals surface area contributed by atoms with Crippen LogP contribution in [0.2, 0.25) is 0 Å². The third-order valence-electron chi connectivity index (χ3n) is 2.89. The molecule has 0 aliphatic heterocycles. The summed E-state index contributed by atoms with van der Waals surface area (Å²) >= 11 is 2.91. The van der Waals surface area contributed by atoms with Crippen LogP contribution in [0.1, 0.15) is 41.0 Å². The zero-order valence-corrected chi connectivity index (χ0v) is 16.2. The number of benzene rings is 1. The highest BCUT2D eigenvalue weighted by atomic mass is 79.9. The normalized spacial score (nSPS) is 12.9. The molecule has 0 radical (unpaired) electrons. The average Bonchev–Trinajstić information content (AvgIpc) is 2.38. The molecule has 1 aromatic rings. The predicted molar refractivity (Wildman–Crippen MR) is 92.2 cm³/mol. The zero-order valence-electron chi connectivity index (χ0n) is 14.6. The number of ether oxygens (including phenoxy) is 2. The molecule has 0 saturated carbocycles. The van der Waals surface area contributed by atoms with E-state index >= 15 is 0 Å². The summed E-state index contributed by atoms with van der Waals surface area (Å²) in [5.41, 5.74) is -0.617. The van der Waals surface area contributed by atoms with Gasteiger partial charge in [0.15, 0.2) is 11.6 Å². The molecule has 0 bridgehead atoms. The van der Waals surface area contributed by atoms with Crippen LogP contribution in [0, 0.1) is 17.6 Å². The van der Waals surface area contributed by atoms with Crippen molar-refractivity contribution in [3.8, 4) is 5.75 Å². The van der Waals surface area contributed by atoms with E-state index in [9.17, 15) is 13.6 Å². The van der Waals surface area contributed by atoms with Gasteiger partial charge in [-0.1, -0.05) is 13.8 Å². The molecule has 1 N–H and O–H groups in total. The summed E-state index contributed by atoms with van der Waals surface area (Å²) < 4.78 is 37.9. The summed E-state index contributed by atoms with van der Waals surface area (Å²) in [7, 11) is 0. The Morgan fingerprint density at radius 1 is 1.25 bits per heavy atom. The van der Waals surface area contributed by atoms with Crippen LogP contribution in [0.15, 0.2) is 16.6 Å². The highest BCUT2D eigenvalue weighted by Gasteiger charge is 2.21. The molecule has 1 amide bonds. The number of hydrogen-bond donors (Lipinski definition) is 1. The maximum Gasteiger partial charge on any atom is 0.407 e. The monoisotopic (exact) mass is 407 g/mol. The molecule has 136 valence electrons. The van der Waals surface area contributed by atoms with Gasteiger partial charge < -0.3 is 14.8 Å². The first-order chi connectivity index (χ1) is 11.0. The van der Waals surface area contributed by atoms with Gasteiger partial charge in [-0.15, -0.1) is 0 Å². The van der Waals surface area contributed by atoms with Gasteiger partial charge in [-0.25, -0.2) is 13.6 Å². The van der Waals surface area contributed by atoms with Gasteiger partial charge in [0.1, 0.15) is 18.0 Å². The van der Waals surface area contributed by atoms with Crippen molar-refractivity contribution in [1.29, 1.82) is 0 Å². The smallest absolute Gasteiger partial charge is 0.407 e. The SMILES string of the molecule is CC(C)CC(COc1cc(F)c(Br)cc1F)NC(=O)OC(C)(C)C. The van der Waals surface area contributed by atoms with E-state index in [4.69, 9.17) is 9.47 Å². The van der Waals surface area contributed by atoms with Gasteiger partial charge >= 0.3 is 6.09 Å². The van der Waals surface area contributed by atoms with Crippen molar-refractivity contribution >= 4 is 22.0 Å². The molecule has 0 aromatic heterocycles. The summed E-state index contributed by atoms with van der Waals surface area (Å²) in [6.07, 6.45) is 0.0408. The average molecular weight is 408 g/mol. The summed E-state index contributed by atoms with van der Waals surface area (Å²) in [6.45, 7) is 9.28. The van der Waals surface area contributed by atoms with Crippen molar-refractivity contribution in [2.45, 2.75) is 52.7 Å². The maximum atomic E-state index is 13.8. The Balaban J connectivity index is 2.73. The van der Waals surface area contributed by atoms with Crippen molar-refractivity contribution in [1.82, 2.24) is 5.32 Å². The van der Waals surface area contributed by atoms with Gasteiger partial charge in [0.05, 0.1) is 10.5 Å². The first-order valence-corrected chi connectivity index (χ1v) is 8.54. The standard InChI is InChI=1S/C17H24BrF2NO3/c1-10(2)6-11(21-16(22)24-17(3,4)5)9-23-15-8-13(19)12(18)7-14(15)20/h7-8,10-11H,6,9H2,1-5H3,(H,21,22). The van der Waals surface area contributed by atoms with Crippen molar-refractivity contribution < 1.29 is 23.0 Å². The lowest BCUT2D eigenvalue weighted by Gasteiger charge is -2.24. The second-order valence-corrected chi connectivity index (χ2v) is 7.83. The van der Waals surface area contributed by atoms with E-state index in [1.54, 1.807) is 20.8 Å². The fourth-order valence-electron chi connectivity index (χ4n) is 2.02. The molecule has 0 spiro atoms. The largest absolute Gasteiger partial charge is 0.488 e. The molecular formula is C17H24BrF2NO3. The number of alkyl carbamates (subject to hydrolysis) is 1. The number of hydrogen-bond acceptors (Lipinski definition) is 3. The molecule has 1 atom stereocenters. The van der Waals surface area contributed by atoms with Gasteiger partial charge in [0, 0.05) is 6.07 Å². The van der Waals surface area contributed by atoms with Crippen LogP contribution in [0.5, 0.6) is 5.75 Å². The number of nitrogens with one attached hydrogen (secondary N) is 1. The Morgan fingerprint density at radius 3 is 2.42 bits per heavy atom. The molecular weight excluding hydrogens is 384 g/mol. The molecule has 1 unspecified atom stereocenters. The highest BCUT2D eigenvalue weighted by Crippen LogP contribution is 2.25. The number of amides is 1. The van der Waals surface area contributed by atoms with E-state index < -0.39 is 23.3 Å². The molecule has 0 saturated heterocycles. The molecule has 0 aliphatic rings. The quantitative estimate of drug-likeness (QED) is 0.671. The summed E-state index contributed by atoms with van der Waals surface area (Å²) in [6, 6.07) is 1.59. The van der Waals surface area contributed by atoms with E-state index in [1.807, 2.05) is 13.8 Å². The summed E-state index contributed by atoms with van der Waals surface area (Å²) in [4.78, 5) is 11.9. The number of carbonyl (C=O) groups excluding carboxylic acids is 1. The fraction of sp³-hybridized carbons (Fsp3) is 0.588. The highest BCUT2D eigenvalue weighted by molar-refractivity contribution is 9.10. The second kappa shape index (κ2) is 8.65. The van der Waals surface area contributed by atoms with Crippen LogP contribution in [0.25, 0.3) is 0 Å². The Morgan fingerprint density at radius 2 is 1.88 bits per heavy atom. The van der Waals surface area contributed by atoms with Crippen LogP contribution in [0.4, 0.5) is 13.6 Å². The van der Waals surface area contributed by atoms with E-state index in [1.165, 1.54) is 0 Å². The fourth-order valence-corrected chi connectivity index (χ4v) is 2.33. The van der Waals surface area contributed by atoms with Gasteiger partial charge in [0.25, 0.3) is 0 Å². The maximum absolute atomic E-state index is 13.8. The third-order valence-corrected chi connectivity index (χ3v) is 3.50. The number of carbonyl (C=O) groups is 1. The van der Waals surface area contributed by atoms with Crippen LogP contribution < -0.4 is 10.1 Å². The Kier molecular flexibility index (Phi) is 7.45. The lowest BCUT2D eigenvalue weighted by atomic mass is 10.0. The van der Waals surface area contributed by atoms with Crippen molar-refractivity contribution in [3.05, 3.63) is 28.2 Å². The topological polar surface area (TPSA) is 47.6 Å². The molecule has 7 heteroatoms. The number of halogens is 3. The van der Waals surface area contributed by atoms with E-state index in [2.05, 4.69) is 21.2 Å². The lowest BCUT2D eigenvalue weighted by Crippen LogP contribution is -2.42. The Labute approximate surface area is 150 Å². The van der Waals surface area contributed by atoms with Crippen molar-refractivity contribution in [3.63, 3.8) is 0 Å².